The molecule has 3 atom stereocenters. The van der Waals surface area contributed by atoms with Gasteiger partial charge in [0.15, 0.2) is 0 Å². The summed E-state index contributed by atoms with van der Waals surface area (Å²) in [5, 5.41) is 7.28. The minimum Gasteiger partial charge on any atom is -0.344 e. The van der Waals surface area contributed by atoms with Crippen molar-refractivity contribution in [2.45, 2.75) is 95.8 Å². The third-order valence-corrected chi connectivity index (χ3v) is 11.7. The number of thiol groups is 1. The Morgan fingerprint density at radius 3 is 2.48 bits per heavy atom. The maximum atomic E-state index is 14.1. The SMILES string of the molecule is CCN(CCCCC(C1CCCCC1)N1CCN(C(=O)[C@@H](Cc2ccc(Cl)cc2)NC(=O)CC2NCc3ccccc32)CC1)[SH+]C. The Morgan fingerprint density at radius 1 is 1.02 bits per heavy atom. The number of benzene rings is 2. The molecule has 2 aromatic carbocycles. The van der Waals surface area contributed by atoms with Gasteiger partial charge in [-0.15, -0.1) is 4.31 Å². The second-order valence-electron chi connectivity index (χ2n) is 13.4. The number of rotatable bonds is 15. The van der Waals surface area contributed by atoms with Crippen molar-refractivity contribution >= 4 is 35.4 Å². The summed E-state index contributed by atoms with van der Waals surface area (Å²) in [4.78, 5) is 32.2. The van der Waals surface area contributed by atoms with E-state index in [2.05, 4.69) is 45.2 Å². The Hall–Kier alpha value is -2.10. The van der Waals surface area contributed by atoms with Crippen molar-refractivity contribution in [2.24, 2.45) is 5.92 Å². The molecule has 2 N–H and O–H groups in total. The minimum absolute atomic E-state index is 0.0235. The van der Waals surface area contributed by atoms with Gasteiger partial charge < -0.3 is 15.5 Å². The van der Waals surface area contributed by atoms with Crippen LogP contribution in [0.15, 0.2) is 48.5 Å². The highest BCUT2D eigenvalue weighted by molar-refractivity contribution is 7.75. The van der Waals surface area contributed by atoms with E-state index in [-0.39, 0.29) is 17.9 Å². The van der Waals surface area contributed by atoms with Gasteiger partial charge in [0, 0.05) is 75.8 Å². The van der Waals surface area contributed by atoms with Crippen molar-refractivity contribution in [3.05, 3.63) is 70.2 Å². The Balaban J connectivity index is 1.20. The molecule has 2 fully saturated rings. The topological polar surface area (TPSA) is 67.9 Å². The van der Waals surface area contributed by atoms with Crippen LogP contribution in [0.25, 0.3) is 0 Å². The van der Waals surface area contributed by atoms with E-state index in [4.69, 9.17) is 11.6 Å². The number of nitrogens with zero attached hydrogens (tertiary/aromatic N) is 3. The van der Waals surface area contributed by atoms with E-state index in [0.717, 1.165) is 37.7 Å². The molecule has 0 spiro atoms. The number of halogens is 1. The highest BCUT2D eigenvalue weighted by Crippen LogP contribution is 2.32. The van der Waals surface area contributed by atoms with E-state index in [0.29, 0.717) is 37.0 Å². The van der Waals surface area contributed by atoms with Gasteiger partial charge in [-0.1, -0.05) is 73.7 Å². The van der Waals surface area contributed by atoms with Crippen molar-refractivity contribution in [2.75, 3.05) is 45.5 Å². The van der Waals surface area contributed by atoms with Gasteiger partial charge in [-0.05, 0) is 67.3 Å². The summed E-state index contributed by atoms with van der Waals surface area (Å²) in [5.74, 6) is 0.700. The van der Waals surface area contributed by atoms with Crippen LogP contribution >= 0.6 is 11.6 Å². The smallest absolute Gasteiger partial charge is 0.245 e. The van der Waals surface area contributed by atoms with Crippen molar-refractivity contribution in [1.29, 1.82) is 0 Å². The molecule has 3 aliphatic rings. The molecule has 5 rings (SSSR count). The number of hydrogen-bond acceptors (Lipinski definition) is 5. The molecule has 2 aromatic rings. The molecule has 1 aliphatic carbocycles. The summed E-state index contributed by atoms with van der Waals surface area (Å²) in [6, 6.07) is 15.8. The molecule has 0 radical (unpaired) electrons. The van der Waals surface area contributed by atoms with Gasteiger partial charge in [-0.2, -0.15) is 0 Å². The van der Waals surface area contributed by atoms with Gasteiger partial charge in [0.1, 0.15) is 12.3 Å². The number of amides is 2. The molecule has 2 unspecified atom stereocenters. The average molecular weight is 669 g/mol. The lowest BCUT2D eigenvalue weighted by Gasteiger charge is -2.44. The molecule has 2 heterocycles. The van der Waals surface area contributed by atoms with Gasteiger partial charge in [0.25, 0.3) is 0 Å². The fraction of sp³-hybridized carbons (Fsp3) is 0.622. The predicted octanol–water partition coefficient (Wildman–Crippen LogP) is 5.55. The lowest BCUT2D eigenvalue weighted by Crippen LogP contribution is -2.58. The fourth-order valence-corrected chi connectivity index (χ4v) is 8.58. The third kappa shape index (κ3) is 9.72. The lowest BCUT2D eigenvalue weighted by molar-refractivity contribution is -0.138. The van der Waals surface area contributed by atoms with Crippen molar-refractivity contribution in [3.8, 4) is 0 Å². The molecule has 7 nitrogen and oxygen atoms in total. The first-order chi connectivity index (χ1) is 22.4. The maximum Gasteiger partial charge on any atom is 0.245 e. The van der Waals surface area contributed by atoms with Gasteiger partial charge in [-0.3, -0.25) is 14.5 Å². The van der Waals surface area contributed by atoms with Crippen LogP contribution in [0.3, 0.4) is 0 Å². The first kappa shape index (κ1) is 35.2. The molecule has 46 heavy (non-hydrogen) atoms. The summed E-state index contributed by atoms with van der Waals surface area (Å²) in [6.07, 6.45) is 13.5. The Labute approximate surface area is 286 Å². The van der Waals surface area contributed by atoms with E-state index in [9.17, 15) is 9.59 Å². The van der Waals surface area contributed by atoms with Crippen molar-refractivity contribution < 1.29 is 9.59 Å². The standard InChI is InChI=1S/C37H54ClN5O2S/c1-3-43(46-2)20-10-9-15-35(29-11-5-4-6-12-29)41-21-23-42(24-22-41)37(45)34(25-28-16-18-31(38)19-17-28)40-36(44)26-33-32-14-8-7-13-30(32)27-39-33/h7-8,13-14,16-19,29,33-35,39H,3-6,9-12,15,20-27H2,1-2H3,(H,40,44)/p+1/t33?,34-,35?/m1/s1. The monoisotopic (exact) mass is 668 g/mol. The van der Waals surface area contributed by atoms with Crippen LogP contribution in [0, 0.1) is 5.92 Å². The maximum absolute atomic E-state index is 14.1. The molecular formula is C37H55ClN5O2S+. The molecule has 252 valence electrons. The van der Waals surface area contributed by atoms with Crippen molar-refractivity contribution in [3.63, 3.8) is 0 Å². The largest absolute Gasteiger partial charge is 0.344 e. The first-order valence-electron chi connectivity index (χ1n) is 17.7. The Kier molecular flexibility index (Phi) is 13.7. The molecule has 2 aliphatic heterocycles. The first-order valence-corrected chi connectivity index (χ1v) is 19.3. The van der Waals surface area contributed by atoms with Crippen LogP contribution in [0.1, 0.15) is 87.4 Å². The number of piperazine rings is 1. The van der Waals surface area contributed by atoms with Crippen LogP contribution in [0.5, 0.6) is 0 Å². The van der Waals surface area contributed by atoms with Gasteiger partial charge >= 0.3 is 0 Å². The highest BCUT2D eigenvalue weighted by atomic mass is 35.5. The zero-order valence-electron chi connectivity index (χ0n) is 27.9. The molecule has 0 aromatic heterocycles. The van der Waals surface area contributed by atoms with Crippen LogP contribution in [-0.2, 0) is 34.5 Å². The zero-order valence-corrected chi connectivity index (χ0v) is 29.6. The zero-order chi connectivity index (χ0) is 32.3. The highest BCUT2D eigenvalue weighted by Gasteiger charge is 2.34. The second-order valence-corrected chi connectivity index (χ2v) is 14.8. The van der Waals surface area contributed by atoms with Crippen molar-refractivity contribution in [1.82, 2.24) is 24.7 Å². The van der Waals surface area contributed by atoms with E-state index in [1.165, 1.54) is 81.0 Å². The van der Waals surface area contributed by atoms with E-state index < -0.39 is 6.04 Å². The molecule has 0 bridgehead atoms. The number of nitrogens with one attached hydrogen (secondary N) is 2. The minimum atomic E-state index is -0.606. The van der Waals surface area contributed by atoms with Gasteiger partial charge in [0.2, 0.25) is 11.8 Å². The predicted molar refractivity (Wildman–Crippen MR) is 192 cm³/mol. The van der Waals surface area contributed by atoms with E-state index in [1.54, 1.807) is 0 Å². The number of carbonyl (C=O) groups is 2. The molecule has 1 saturated carbocycles. The summed E-state index contributed by atoms with van der Waals surface area (Å²) < 4.78 is 2.50. The van der Waals surface area contributed by atoms with Crippen LogP contribution < -0.4 is 10.6 Å². The van der Waals surface area contributed by atoms with Crippen LogP contribution in [-0.4, -0.2) is 83.5 Å². The average Bonchev–Trinajstić information content (AvgIpc) is 3.49. The van der Waals surface area contributed by atoms with Gasteiger partial charge in [0.05, 0.1) is 11.9 Å². The number of carbonyl (C=O) groups excluding carboxylic acids is 2. The summed E-state index contributed by atoms with van der Waals surface area (Å²) in [5.41, 5.74) is 3.41. The molecular weight excluding hydrogens is 614 g/mol. The molecule has 2 amide bonds. The number of hydrogen-bond donors (Lipinski definition) is 2. The molecule has 1 saturated heterocycles. The number of unbranched alkanes of at least 4 members (excludes halogenated alkanes) is 1. The summed E-state index contributed by atoms with van der Waals surface area (Å²) >= 11 is 7.53. The lowest BCUT2D eigenvalue weighted by atomic mass is 9.81. The molecule has 9 heteroatoms. The third-order valence-electron chi connectivity index (χ3n) is 10.4. The van der Waals surface area contributed by atoms with Gasteiger partial charge in [-0.25, -0.2) is 0 Å². The van der Waals surface area contributed by atoms with Crippen LogP contribution in [0.2, 0.25) is 5.02 Å². The van der Waals surface area contributed by atoms with E-state index >= 15 is 0 Å². The Morgan fingerprint density at radius 2 is 1.76 bits per heavy atom. The second kappa shape index (κ2) is 17.9. The van der Waals surface area contributed by atoms with Crippen LogP contribution in [0.4, 0.5) is 0 Å². The summed E-state index contributed by atoms with van der Waals surface area (Å²) in [6.45, 7) is 8.56. The number of fused-ring (bicyclic) bond motifs is 1. The van der Waals surface area contributed by atoms with E-state index in [1.807, 2.05) is 41.3 Å². The quantitative estimate of drug-likeness (QED) is 0.148. The fourth-order valence-electron chi connectivity index (χ4n) is 7.83. The Bertz CT molecular complexity index is 1240. The normalized spacial score (nSPS) is 20.4. The summed E-state index contributed by atoms with van der Waals surface area (Å²) in [7, 11) is 0.